The van der Waals surface area contributed by atoms with Gasteiger partial charge in [-0.1, -0.05) is 18.2 Å². The summed E-state index contributed by atoms with van der Waals surface area (Å²) in [6, 6.07) is 7.81. The Morgan fingerprint density at radius 2 is 2.15 bits per heavy atom. The van der Waals surface area contributed by atoms with Gasteiger partial charge >= 0.3 is 0 Å². The van der Waals surface area contributed by atoms with Gasteiger partial charge in [0.25, 0.3) is 0 Å². The van der Waals surface area contributed by atoms with Crippen molar-refractivity contribution < 1.29 is 9.90 Å². The van der Waals surface area contributed by atoms with E-state index in [1.54, 1.807) is 0 Å². The van der Waals surface area contributed by atoms with E-state index in [0.29, 0.717) is 6.54 Å². The summed E-state index contributed by atoms with van der Waals surface area (Å²) >= 11 is 0. The maximum Gasteiger partial charge on any atom is 0.238 e. The number of nitrogens with one attached hydrogen (secondary N) is 1. The van der Waals surface area contributed by atoms with E-state index in [4.69, 9.17) is 0 Å². The van der Waals surface area contributed by atoms with Crippen LogP contribution in [0.15, 0.2) is 24.3 Å². The van der Waals surface area contributed by atoms with E-state index in [1.807, 2.05) is 45.0 Å². The summed E-state index contributed by atoms with van der Waals surface area (Å²) in [6.45, 7) is 6.81. The second-order valence-electron chi connectivity index (χ2n) is 6.15. The smallest absolute Gasteiger partial charge is 0.238 e. The van der Waals surface area contributed by atoms with E-state index in [2.05, 4.69) is 10.2 Å². The Balaban J connectivity index is 1.96. The van der Waals surface area contributed by atoms with Gasteiger partial charge in [-0.2, -0.15) is 0 Å². The number of likely N-dealkylation sites (tertiary alicyclic amines) is 1. The highest BCUT2D eigenvalue weighted by atomic mass is 16.3. The minimum Gasteiger partial charge on any atom is -0.389 e. The molecular weight excluding hydrogens is 252 g/mol. The quantitative estimate of drug-likeness (QED) is 0.886. The number of carbonyl (C=O) groups excluding carboxylic acids is 1. The lowest BCUT2D eigenvalue weighted by atomic mass is 9.97. The molecule has 4 heteroatoms. The molecule has 1 heterocycles. The second-order valence-corrected chi connectivity index (χ2v) is 6.15. The molecule has 0 saturated carbocycles. The predicted molar refractivity (Wildman–Crippen MR) is 80.7 cm³/mol. The number of nitrogens with zero attached hydrogens (tertiary/aromatic N) is 1. The molecule has 1 fully saturated rings. The molecular formula is C16H24N2O2. The largest absolute Gasteiger partial charge is 0.389 e. The van der Waals surface area contributed by atoms with Gasteiger partial charge in [-0.05, 0) is 51.8 Å². The highest BCUT2D eigenvalue weighted by Crippen LogP contribution is 2.26. The first-order valence-corrected chi connectivity index (χ1v) is 7.20. The van der Waals surface area contributed by atoms with E-state index in [0.717, 1.165) is 30.6 Å². The molecule has 1 aliphatic heterocycles. The van der Waals surface area contributed by atoms with E-state index >= 15 is 0 Å². The summed E-state index contributed by atoms with van der Waals surface area (Å²) in [5.74, 6) is -0.0181. The number of aliphatic hydroxyl groups is 1. The number of anilines is 1. The van der Waals surface area contributed by atoms with E-state index in [-0.39, 0.29) is 11.9 Å². The van der Waals surface area contributed by atoms with Gasteiger partial charge in [0.1, 0.15) is 0 Å². The van der Waals surface area contributed by atoms with E-state index < -0.39 is 5.60 Å². The molecule has 0 aliphatic carbocycles. The molecule has 1 aliphatic rings. The van der Waals surface area contributed by atoms with Crippen molar-refractivity contribution in [3.05, 3.63) is 29.8 Å². The van der Waals surface area contributed by atoms with Crippen LogP contribution in [0.25, 0.3) is 0 Å². The van der Waals surface area contributed by atoms with E-state index in [1.165, 1.54) is 0 Å². The lowest BCUT2D eigenvalue weighted by Gasteiger charge is -2.33. The summed E-state index contributed by atoms with van der Waals surface area (Å²) in [6.07, 6.45) is 1.98. The van der Waals surface area contributed by atoms with Crippen LogP contribution in [0.4, 0.5) is 5.69 Å². The lowest BCUT2D eigenvalue weighted by molar-refractivity contribution is -0.118. The van der Waals surface area contributed by atoms with Crippen LogP contribution in [0, 0.1) is 6.92 Å². The van der Waals surface area contributed by atoms with Crippen molar-refractivity contribution in [2.24, 2.45) is 0 Å². The fourth-order valence-electron chi connectivity index (χ4n) is 2.90. The lowest BCUT2D eigenvalue weighted by Crippen LogP contribution is -2.48. The van der Waals surface area contributed by atoms with Crippen molar-refractivity contribution in [3.63, 3.8) is 0 Å². The van der Waals surface area contributed by atoms with Crippen molar-refractivity contribution in [3.8, 4) is 0 Å². The normalized spacial score (nSPS) is 20.1. The van der Waals surface area contributed by atoms with Crippen LogP contribution >= 0.6 is 0 Å². The zero-order valence-electron chi connectivity index (χ0n) is 12.5. The van der Waals surface area contributed by atoms with Crippen LogP contribution in [0.5, 0.6) is 0 Å². The molecule has 1 saturated heterocycles. The average molecular weight is 276 g/mol. The molecule has 1 atom stereocenters. The highest BCUT2D eigenvalue weighted by molar-refractivity contribution is 5.93. The molecule has 20 heavy (non-hydrogen) atoms. The molecule has 1 unspecified atom stereocenters. The average Bonchev–Trinajstić information content (AvgIpc) is 2.80. The fourth-order valence-corrected chi connectivity index (χ4v) is 2.90. The van der Waals surface area contributed by atoms with Crippen molar-refractivity contribution in [1.82, 2.24) is 4.90 Å². The predicted octanol–water partition coefficient (Wildman–Crippen LogP) is 2.17. The molecule has 1 amide bonds. The topological polar surface area (TPSA) is 52.6 Å². The van der Waals surface area contributed by atoms with Crippen LogP contribution < -0.4 is 5.32 Å². The molecule has 1 aromatic carbocycles. The third-order valence-electron chi connectivity index (χ3n) is 3.94. The fraction of sp³-hybridized carbons (Fsp3) is 0.562. The SMILES string of the molecule is Cc1ccccc1NC(=O)CN1CCCC1C(C)(C)O. The molecule has 0 bridgehead atoms. The summed E-state index contributed by atoms with van der Waals surface area (Å²) in [5, 5.41) is 13.1. The molecule has 2 N–H and O–H groups in total. The standard InChI is InChI=1S/C16H24N2O2/c1-12-7-4-5-8-13(12)17-15(19)11-18-10-6-9-14(18)16(2,3)20/h4-5,7-8,14,20H,6,9-11H2,1-3H3,(H,17,19). The van der Waals surface area contributed by atoms with Crippen LogP contribution in [-0.4, -0.2) is 40.6 Å². The summed E-state index contributed by atoms with van der Waals surface area (Å²) in [5.41, 5.74) is 1.15. The van der Waals surface area contributed by atoms with Crippen molar-refractivity contribution >= 4 is 11.6 Å². The molecule has 0 radical (unpaired) electrons. The van der Waals surface area contributed by atoms with Gasteiger partial charge in [0.15, 0.2) is 0 Å². The Hall–Kier alpha value is -1.39. The van der Waals surface area contributed by atoms with Crippen LogP contribution in [0.1, 0.15) is 32.3 Å². The van der Waals surface area contributed by atoms with Gasteiger partial charge in [0.05, 0.1) is 12.1 Å². The zero-order valence-corrected chi connectivity index (χ0v) is 12.5. The van der Waals surface area contributed by atoms with Gasteiger partial charge in [-0.25, -0.2) is 0 Å². The minimum absolute atomic E-state index is 0.0181. The number of carbonyl (C=O) groups is 1. The van der Waals surface area contributed by atoms with Gasteiger partial charge in [-0.15, -0.1) is 0 Å². The maximum atomic E-state index is 12.2. The third kappa shape index (κ3) is 3.58. The number of hydrogen-bond acceptors (Lipinski definition) is 3. The molecule has 110 valence electrons. The second kappa shape index (κ2) is 5.94. The Morgan fingerprint density at radius 1 is 1.45 bits per heavy atom. The first-order chi connectivity index (χ1) is 9.38. The van der Waals surface area contributed by atoms with Crippen LogP contribution in [-0.2, 0) is 4.79 Å². The van der Waals surface area contributed by atoms with Crippen LogP contribution in [0.2, 0.25) is 0 Å². The number of benzene rings is 1. The Kier molecular flexibility index (Phi) is 4.45. The first kappa shape index (κ1) is 15.0. The number of amides is 1. The Labute approximate surface area is 120 Å². The van der Waals surface area contributed by atoms with Crippen molar-refractivity contribution in [2.75, 3.05) is 18.4 Å². The highest BCUT2D eigenvalue weighted by Gasteiger charge is 2.36. The summed E-state index contributed by atoms with van der Waals surface area (Å²) in [7, 11) is 0. The number of rotatable bonds is 4. The molecule has 4 nitrogen and oxygen atoms in total. The molecule has 1 aromatic rings. The molecule has 2 rings (SSSR count). The Bertz CT molecular complexity index is 480. The van der Waals surface area contributed by atoms with Crippen LogP contribution in [0.3, 0.4) is 0 Å². The monoisotopic (exact) mass is 276 g/mol. The van der Waals surface area contributed by atoms with Gasteiger partial charge in [-0.3, -0.25) is 9.69 Å². The summed E-state index contributed by atoms with van der Waals surface area (Å²) in [4.78, 5) is 14.2. The number of hydrogen-bond donors (Lipinski definition) is 2. The van der Waals surface area contributed by atoms with Gasteiger partial charge < -0.3 is 10.4 Å². The third-order valence-corrected chi connectivity index (χ3v) is 3.94. The van der Waals surface area contributed by atoms with Gasteiger partial charge in [0, 0.05) is 11.7 Å². The maximum absolute atomic E-state index is 12.2. The summed E-state index contributed by atoms with van der Waals surface area (Å²) < 4.78 is 0. The van der Waals surface area contributed by atoms with Crippen molar-refractivity contribution in [1.29, 1.82) is 0 Å². The van der Waals surface area contributed by atoms with Crippen molar-refractivity contribution in [2.45, 2.75) is 45.3 Å². The first-order valence-electron chi connectivity index (χ1n) is 7.20. The zero-order chi connectivity index (χ0) is 14.8. The van der Waals surface area contributed by atoms with Gasteiger partial charge in [0.2, 0.25) is 5.91 Å². The molecule has 0 spiro atoms. The Morgan fingerprint density at radius 3 is 2.80 bits per heavy atom. The minimum atomic E-state index is -0.764. The van der Waals surface area contributed by atoms with E-state index in [9.17, 15) is 9.90 Å². The molecule has 0 aromatic heterocycles. The number of aryl methyl sites for hydroxylation is 1. The number of para-hydroxylation sites is 1.